The maximum absolute atomic E-state index is 11.1. The zero-order valence-electron chi connectivity index (χ0n) is 9.58. The average Bonchev–Trinajstić information content (AvgIpc) is 2.50. The fourth-order valence-corrected chi connectivity index (χ4v) is 1.97. The molecule has 1 saturated heterocycles. The molecule has 86 valence electrons. The number of hydrogen-bond donors (Lipinski definition) is 1. The van der Waals surface area contributed by atoms with Gasteiger partial charge in [0.1, 0.15) is 5.78 Å². The Morgan fingerprint density at radius 2 is 2.20 bits per heavy atom. The lowest BCUT2D eigenvalue weighted by atomic mass is 10.1. The Hall–Kier alpha value is -0.900. The van der Waals surface area contributed by atoms with Crippen molar-refractivity contribution in [2.45, 2.75) is 26.2 Å². The number of hydrogen-bond acceptors (Lipinski definition) is 3. The predicted octanol–water partition coefficient (Wildman–Crippen LogP) is 0.424. The zero-order valence-corrected chi connectivity index (χ0v) is 9.58. The first-order chi connectivity index (χ1) is 7.08. The van der Waals surface area contributed by atoms with E-state index in [1.54, 1.807) is 0 Å². The van der Waals surface area contributed by atoms with Crippen LogP contribution in [0.3, 0.4) is 0 Å². The van der Waals surface area contributed by atoms with Crippen LogP contribution in [0, 0.1) is 5.92 Å². The molecule has 0 bridgehead atoms. The molecule has 1 amide bonds. The van der Waals surface area contributed by atoms with Crippen molar-refractivity contribution in [2.24, 2.45) is 5.92 Å². The maximum atomic E-state index is 11.1. The summed E-state index contributed by atoms with van der Waals surface area (Å²) < 4.78 is 0. The minimum atomic E-state index is -0.145. The minimum absolute atomic E-state index is 0.0184. The fraction of sp³-hybridized carbons (Fsp3) is 0.818. The molecule has 0 saturated carbocycles. The predicted molar refractivity (Wildman–Crippen MR) is 58.5 cm³/mol. The van der Waals surface area contributed by atoms with E-state index in [2.05, 4.69) is 17.3 Å². The zero-order chi connectivity index (χ0) is 11.3. The second-order valence-electron chi connectivity index (χ2n) is 4.43. The van der Waals surface area contributed by atoms with Crippen molar-refractivity contribution in [1.82, 2.24) is 10.2 Å². The molecule has 4 nitrogen and oxygen atoms in total. The molecule has 0 radical (unpaired) electrons. The molecule has 1 heterocycles. The van der Waals surface area contributed by atoms with E-state index in [0.717, 1.165) is 19.5 Å². The number of carbonyl (C=O) groups is 2. The lowest BCUT2D eigenvalue weighted by Gasteiger charge is -2.10. The average molecular weight is 212 g/mol. The van der Waals surface area contributed by atoms with Crippen LogP contribution in [0.2, 0.25) is 0 Å². The summed E-state index contributed by atoms with van der Waals surface area (Å²) in [5.41, 5.74) is 0. The second-order valence-corrected chi connectivity index (χ2v) is 4.43. The number of likely N-dealkylation sites (tertiary alicyclic amines) is 1. The first kappa shape index (κ1) is 12.2. The van der Waals surface area contributed by atoms with E-state index in [1.807, 2.05) is 0 Å². The van der Waals surface area contributed by atoms with E-state index < -0.39 is 0 Å². The number of ketones is 1. The first-order valence-electron chi connectivity index (χ1n) is 5.52. The molecule has 4 heteroatoms. The van der Waals surface area contributed by atoms with E-state index in [0.29, 0.717) is 12.5 Å². The van der Waals surface area contributed by atoms with Gasteiger partial charge in [-0.2, -0.15) is 0 Å². The van der Waals surface area contributed by atoms with Crippen molar-refractivity contribution in [1.29, 1.82) is 0 Å². The normalized spacial score (nSPS) is 21.6. The summed E-state index contributed by atoms with van der Waals surface area (Å²) in [7, 11) is 2.12. The van der Waals surface area contributed by atoms with Crippen molar-refractivity contribution in [3.8, 4) is 0 Å². The largest absolute Gasteiger partial charge is 0.356 e. The van der Waals surface area contributed by atoms with E-state index in [1.165, 1.54) is 13.3 Å². The summed E-state index contributed by atoms with van der Waals surface area (Å²) >= 11 is 0. The Morgan fingerprint density at radius 3 is 2.73 bits per heavy atom. The molecule has 1 atom stereocenters. The minimum Gasteiger partial charge on any atom is -0.356 e. The van der Waals surface area contributed by atoms with Gasteiger partial charge >= 0.3 is 0 Å². The highest BCUT2D eigenvalue weighted by molar-refractivity contribution is 5.96. The van der Waals surface area contributed by atoms with Crippen LogP contribution in [-0.4, -0.2) is 43.3 Å². The van der Waals surface area contributed by atoms with Crippen molar-refractivity contribution in [3.05, 3.63) is 0 Å². The van der Waals surface area contributed by atoms with Gasteiger partial charge in [-0.05, 0) is 39.3 Å². The van der Waals surface area contributed by atoms with Gasteiger partial charge in [0, 0.05) is 13.1 Å². The molecule has 0 aliphatic carbocycles. The number of carbonyl (C=O) groups excluding carboxylic acids is 2. The molecule has 0 spiro atoms. The lowest BCUT2D eigenvalue weighted by molar-refractivity contribution is -0.127. The van der Waals surface area contributed by atoms with Crippen LogP contribution < -0.4 is 5.32 Å². The molecule has 15 heavy (non-hydrogen) atoms. The van der Waals surface area contributed by atoms with Gasteiger partial charge in [0.05, 0.1) is 6.42 Å². The molecular formula is C11H20N2O2. The van der Waals surface area contributed by atoms with Gasteiger partial charge in [0.2, 0.25) is 5.91 Å². The summed E-state index contributed by atoms with van der Waals surface area (Å²) in [6.07, 6.45) is 2.26. The van der Waals surface area contributed by atoms with E-state index in [-0.39, 0.29) is 18.1 Å². The van der Waals surface area contributed by atoms with Crippen molar-refractivity contribution < 1.29 is 9.59 Å². The fourth-order valence-electron chi connectivity index (χ4n) is 1.97. The van der Waals surface area contributed by atoms with E-state index >= 15 is 0 Å². The SMILES string of the molecule is CC(=O)CC(=O)NCCC1CCN(C)C1. The first-order valence-corrected chi connectivity index (χ1v) is 5.52. The van der Waals surface area contributed by atoms with Crippen LogP contribution in [0.25, 0.3) is 0 Å². The molecule has 1 aliphatic rings. The third-order valence-corrected chi connectivity index (χ3v) is 2.77. The summed E-state index contributed by atoms with van der Waals surface area (Å²) in [6, 6.07) is 0. The Kier molecular flexibility index (Phi) is 4.75. The van der Waals surface area contributed by atoms with Gasteiger partial charge in [-0.3, -0.25) is 9.59 Å². The molecular weight excluding hydrogens is 192 g/mol. The van der Waals surface area contributed by atoms with Crippen molar-refractivity contribution in [3.63, 3.8) is 0 Å². The third-order valence-electron chi connectivity index (χ3n) is 2.77. The Balaban J connectivity index is 2.06. The van der Waals surface area contributed by atoms with Gasteiger partial charge in [0.15, 0.2) is 0 Å². The summed E-state index contributed by atoms with van der Waals surface area (Å²) in [5.74, 6) is 0.481. The Labute approximate surface area is 91.0 Å². The molecule has 0 aromatic rings. The van der Waals surface area contributed by atoms with Crippen LogP contribution in [0.1, 0.15) is 26.2 Å². The van der Waals surface area contributed by atoms with Gasteiger partial charge in [-0.25, -0.2) is 0 Å². The van der Waals surface area contributed by atoms with Gasteiger partial charge < -0.3 is 10.2 Å². The molecule has 1 rings (SSSR count). The monoisotopic (exact) mass is 212 g/mol. The quantitative estimate of drug-likeness (QED) is 0.672. The van der Waals surface area contributed by atoms with Gasteiger partial charge in [-0.15, -0.1) is 0 Å². The number of rotatable bonds is 5. The number of nitrogens with one attached hydrogen (secondary N) is 1. The second kappa shape index (κ2) is 5.85. The smallest absolute Gasteiger partial charge is 0.227 e. The highest BCUT2D eigenvalue weighted by Gasteiger charge is 2.18. The van der Waals surface area contributed by atoms with Crippen molar-refractivity contribution in [2.75, 3.05) is 26.7 Å². The number of Topliss-reactive ketones (excluding diaryl/α,β-unsaturated/α-hetero) is 1. The van der Waals surface area contributed by atoms with Gasteiger partial charge in [-0.1, -0.05) is 0 Å². The highest BCUT2D eigenvalue weighted by atomic mass is 16.2. The molecule has 1 N–H and O–H groups in total. The Bertz CT molecular complexity index is 241. The van der Waals surface area contributed by atoms with Crippen LogP contribution >= 0.6 is 0 Å². The standard InChI is InChI=1S/C11H20N2O2/c1-9(14)7-11(15)12-5-3-10-4-6-13(2)8-10/h10H,3-8H2,1-2H3,(H,12,15). The summed E-state index contributed by atoms with van der Waals surface area (Å²) in [5, 5.41) is 2.78. The highest BCUT2D eigenvalue weighted by Crippen LogP contribution is 2.16. The van der Waals surface area contributed by atoms with Crippen LogP contribution in [0.15, 0.2) is 0 Å². The summed E-state index contributed by atoms with van der Waals surface area (Å²) in [6.45, 7) is 4.42. The molecule has 1 aliphatic heterocycles. The van der Waals surface area contributed by atoms with E-state index in [4.69, 9.17) is 0 Å². The third kappa shape index (κ3) is 4.93. The lowest BCUT2D eigenvalue weighted by Crippen LogP contribution is -2.27. The maximum Gasteiger partial charge on any atom is 0.227 e. The topological polar surface area (TPSA) is 49.4 Å². The van der Waals surface area contributed by atoms with Crippen molar-refractivity contribution >= 4 is 11.7 Å². The molecule has 0 aromatic heterocycles. The molecule has 1 unspecified atom stereocenters. The molecule has 1 fully saturated rings. The number of nitrogens with zero attached hydrogens (tertiary/aromatic N) is 1. The number of amides is 1. The van der Waals surface area contributed by atoms with Crippen LogP contribution in [0.4, 0.5) is 0 Å². The van der Waals surface area contributed by atoms with Crippen LogP contribution in [-0.2, 0) is 9.59 Å². The van der Waals surface area contributed by atoms with Gasteiger partial charge in [0.25, 0.3) is 0 Å². The van der Waals surface area contributed by atoms with Crippen LogP contribution in [0.5, 0.6) is 0 Å². The molecule has 0 aromatic carbocycles. The summed E-state index contributed by atoms with van der Waals surface area (Å²) in [4.78, 5) is 24.1. The Morgan fingerprint density at radius 1 is 1.47 bits per heavy atom. The van der Waals surface area contributed by atoms with E-state index in [9.17, 15) is 9.59 Å².